The van der Waals surface area contributed by atoms with Crippen molar-refractivity contribution in [2.45, 2.75) is 0 Å². The second-order valence-corrected chi connectivity index (χ2v) is 3.32. The Labute approximate surface area is 113 Å². The molecular formula is C10H11N9O. The maximum Gasteiger partial charge on any atom is 0.330 e. The lowest BCUT2D eigenvalue weighted by molar-refractivity contribution is 0.247. The third kappa shape index (κ3) is 4.18. The van der Waals surface area contributed by atoms with Gasteiger partial charge in [0.05, 0.1) is 0 Å². The first-order valence-corrected chi connectivity index (χ1v) is 5.45. The third-order valence-corrected chi connectivity index (χ3v) is 1.86. The number of carbonyl (C=O) groups excluding carboxylic acids is 1. The highest BCUT2D eigenvalue weighted by atomic mass is 16.2. The van der Waals surface area contributed by atoms with E-state index in [9.17, 15) is 4.79 Å². The van der Waals surface area contributed by atoms with Gasteiger partial charge in [-0.25, -0.2) is 30.2 Å². The van der Waals surface area contributed by atoms with Gasteiger partial charge in [0, 0.05) is 24.8 Å². The molecule has 10 nitrogen and oxygen atoms in total. The van der Waals surface area contributed by atoms with Crippen molar-refractivity contribution in [1.82, 2.24) is 30.8 Å². The molecular weight excluding hydrogens is 262 g/mol. The molecule has 102 valence electrons. The number of aromatic nitrogens is 4. The van der Waals surface area contributed by atoms with Gasteiger partial charge < -0.3 is 5.73 Å². The molecule has 0 fully saturated rings. The SMILES string of the molecule is NC(=O)NNC(=Nc1ncccn1)Nc1ncccn1. The number of nitrogens with zero attached hydrogens (tertiary/aromatic N) is 5. The predicted molar refractivity (Wildman–Crippen MR) is 70.6 cm³/mol. The summed E-state index contributed by atoms with van der Waals surface area (Å²) in [5, 5.41) is 2.75. The van der Waals surface area contributed by atoms with Gasteiger partial charge in [-0.1, -0.05) is 0 Å². The number of hydrazine groups is 1. The van der Waals surface area contributed by atoms with Gasteiger partial charge in [-0.2, -0.15) is 4.99 Å². The van der Waals surface area contributed by atoms with Crippen LogP contribution in [0.1, 0.15) is 0 Å². The van der Waals surface area contributed by atoms with Crippen molar-refractivity contribution < 1.29 is 4.79 Å². The number of urea groups is 1. The molecule has 0 atom stereocenters. The molecule has 0 bridgehead atoms. The molecule has 20 heavy (non-hydrogen) atoms. The van der Waals surface area contributed by atoms with Crippen molar-refractivity contribution in [3.8, 4) is 0 Å². The van der Waals surface area contributed by atoms with Gasteiger partial charge in [-0.05, 0) is 12.1 Å². The number of nitrogens with two attached hydrogens (primary N) is 1. The van der Waals surface area contributed by atoms with E-state index in [1.807, 2.05) is 0 Å². The van der Waals surface area contributed by atoms with E-state index in [4.69, 9.17) is 5.73 Å². The molecule has 0 aliphatic rings. The summed E-state index contributed by atoms with van der Waals surface area (Å²) in [6.07, 6.45) is 6.16. The van der Waals surface area contributed by atoms with Crippen molar-refractivity contribution in [2.75, 3.05) is 5.32 Å². The van der Waals surface area contributed by atoms with Gasteiger partial charge in [-0.15, -0.1) is 0 Å². The van der Waals surface area contributed by atoms with Crippen LogP contribution in [0.4, 0.5) is 16.7 Å². The van der Waals surface area contributed by atoms with E-state index in [-0.39, 0.29) is 17.9 Å². The zero-order valence-electron chi connectivity index (χ0n) is 10.2. The van der Waals surface area contributed by atoms with Crippen LogP contribution < -0.4 is 21.9 Å². The van der Waals surface area contributed by atoms with Crippen molar-refractivity contribution in [3.05, 3.63) is 36.9 Å². The molecule has 0 saturated heterocycles. The highest BCUT2D eigenvalue weighted by Crippen LogP contribution is 2.01. The lowest BCUT2D eigenvalue weighted by atomic mass is 10.7. The fraction of sp³-hybridized carbons (Fsp3) is 0. The Bertz CT molecular complexity index is 586. The van der Waals surface area contributed by atoms with Gasteiger partial charge in [0.2, 0.25) is 11.9 Å². The molecule has 0 aliphatic heterocycles. The number of aliphatic imine (C=N–C) groups is 1. The number of nitrogens with one attached hydrogen (secondary N) is 3. The second-order valence-electron chi connectivity index (χ2n) is 3.32. The Morgan fingerprint density at radius 3 is 2.20 bits per heavy atom. The van der Waals surface area contributed by atoms with Crippen LogP contribution in [0.25, 0.3) is 0 Å². The van der Waals surface area contributed by atoms with Crippen LogP contribution in [-0.4, -0.2) is 31.9 Å². The molecule has 2 heterocycles. The number of rotatable bonds is 2. The minimum atomic E-state index is -0.775. The number of hydrogen-bond acceptors (Lipinski definition) is 6. The van der Waals surface area contributed by atoms with Crippen LogP contribution in [0.2, 0.25) is 0 Å². The van der Waals surface area contributed by atoms with Crippen molar-refractivity contribution in [3.63, 3.8) is 0 Å². The van der Waals surface area contributed by atoms with Gasteiger partial charge in [0.25, 0.3) is 5.95 Å². The number of hydrogen-bond donors (Lipinski definition) is 4. The highest BCUT2D eigenvalue weighted by molar-refractivity contribution is 5.94. The van der Waals surface area contributed by atoms with Crippen LogP contribution in [0.5, 0.6) is 0 Å². The fourth-order valence-corrected chi connectivity index (χ4v) is 1.13. The topological polar surface area (TPSA) is 143 Å². The predicted octanol–water partition coefficient (Wildman–Crippen LogP) is -0.461. The highest BCUT2D eigenvalue weighted by Gasteiger charge is 2.04. The molecule has 2 rings (SSSR count). The molecule has 0 aliphatic carbocycles. The van der Waals surface area contributed by atoms with Crippen LogP contribution >= 0.6 is 0 Å². The quantitative estimate of drug-likeness (QED) is 0.329. The Morgan fingerprint density at radius 1 is 1.00 bits per heavy atom. The maximum absolute atomic E-state index is 10.7. The van der Waals surface area contributed by atoms with Crippen LogP contribution in [0, 0.1) is 0 Å². The fourth-order valence-electron chi connectivity index (χ4n) is 1.13. The largest absolute Gasteiger partial charge is 0.350 e. The number of amides is 2. The van der Waals surface area contributed by atoms with Crippen molar-refractivity contribution in [1.29, 1.82) is 0 Å². The van der Waals surface area contributed by atoms with Crippen LogP contribution in [-0.2, 0) is 0 Å². The van der Waals surface area contributed by atoms with Crippen LogP contribution in [0.15, 0.2) is 41.9 Å². The third-order valence-electron chi connectivity index (χ3n) is 1.86. The maximum atomic E-state index is 10.7. The second kappa shape index (κ2) is 6.58. The Kier molecular flexibility index (Phi) is 4.33. The molecule has 0 saturated carbocycles. The standard InChI is InChI=1S/C10H11N9O/c11-7(20)18-19-10(16-8-12-3-1-4-13-8)17-9-14-5-2-6-15-9/h1-6H,(H3,11,18,20)(H2,12,13,14,15,16,17,19). The van der Waals surface area contributed by atoms with Gasteiger partial charge >= 0.3 is 6.03 Å². The summed E-state index contributed by atoms with van der Waals surface area (Å²) >= 11 is 0. The lowest BCUT2D eigenvalue weighted by Gasteiger charge is -2.10. The Morgan fingerprint density at radius 2 is 1.60 bits per heavy atom. The molecule has 0 unspecified atom stereocenters. The number of guanidine groups is 1. The smallest absolute Gasteiger partial charge is 0.330 e. The van der Waals surface area contributed by atoms with E-state index in [0.29, 0.717) is 0 Å². The van der Waals surface area contributed by atoms with E-state index in [2.05, 4.69) is 41.1 Å². The summed E-state index contributed by atoms with van der Waals surface area (Å²) in [5.41, 5.74) is 9.61. The normalized spacial score (nSPS) is 10.7. The number of anilines is 1. The number of carbonyl (C=O) groups is 1. The lowest BCUT2D eigenvalue weighted by Crippen LogP contribution is -2.47. The first-order chi connectivity index (χ1) is 9.74. The van der Waals surface area contributed by atoms with E-state index >= 15 is 0 Å². The molecule has 2 aromatic heterocycles. The molecule has 0 radical (unpaired) electrons. The van der Waals surface area contributed by atoms with E-state index in [0.717, 1.165) is 0 Å². The molecule has 0 aromatic carbocycles. The summed E-state index contributed by atoms with van der Waals surface area (Å²) in [4.78, 5) is 30.5. The molecule has 2 aromatic rings. The Hall–Kier alpha value is -3.30. The summed E-state index contributed by atoms with van der Waals surface area (Å²) in [6.45, 7) is 0. The minimum absolute atomic E-state index is 0.112. The van der Waals surface area contributed by atoms with Crippen molar-refractivity contribution in [2.24, 2.45) is 10.7 Å². The van der Waals surface area contributed by atoms with E-state index < -0.39 is 6.03 Å². The zero-order chi connectivity index (χ0) is 14.2. The molecule has 0 spiro atoms. The summed E-state index contributed by atoms with van der Waals surface area (Å²) in [6, 6.07) is 2.54. The van der Waals surface area contributed by atoms with E-state index in [1.54, 1.807) is 24.5 Å². The molecule has 10 heteroatoms. The van der Waals surface area contributed by atoms with Crippen LogP contribution in [0.3, 0.4) is 0 Å². The minimum Gasteiger partial charge on any atom is -0.350 e. The van der Waals surface area contributed by atoms with E-state index in [1.165, 1.54) is 12.4 Å². The first-order valence-electron chi connectivity index (χ1n) is 5.45. The van der Waals surface area contributed by atoms with Gasteiger partial charge in [-0.3, -0.25) is 10.7 Å². The number of primary amides is 1. The monoisotopic (exact) mass is 273 g/mol. The summed E-state index contributed by atoms with van der Waals surface area (Å²) < 4.78 is 0. The van der Waals surface area contributed by atoms with Gasteiger partial charge in [0.15, 0.2) is 0 Å². The van der Waals surface area contributed by atoms with Gasteiger partial charge in [0.1, 0.15) is 0 Å². The summed E-state index contributed by atoms with van der Waals surface area (Å²) in [5.74, 6) is 0.576. The first kappa shape index (κ1) is 13.1. The molecule has 5 N–H and O–H groups in total. The average molecular weight is 273 g/mol. The Balaban J connectivity index is 2.16. The van der Waals surface area contributed by atoms with Crippen molar-refractivity contribution >= 4 is 23.9 Å². The average Bonchev–Trinajstić information content (AvgIpc) is 2.47. The zero-order valence-corrected chi connectivity index (χ0v) is 10.2. The molecule has 2 amide bonds. The summed E-state index contributed by atoms with van der Waals surface area (Å²) in [7, 11) is 0.